The molecule has 0 spiro atoms. The molecule has 0 unspecified atom stereocenters. The monoisotopic (exact) mass is 499 g/mol. The molecule has 2 heterocycles. The number of fused-ring (bicyclic) bond motifs is 2. The molecule has 35 heavy (non-hydrogen) atoms. The van der Waals surface area contributed by atoms with Crippen LogP contribution in [0.5, 0.6) is 0 Å². The number of nitrogens with zero attached hydrogens (tertiary/aromatic N) is 4. The van der Waals surface area contributed by atoms with Gasteiger partial charge in [0, 0.05) is 11.9 Å². The lowest BCUT2D eigenvalue weighted by atomic mass is 9.94. The number of aryl methyl sites for hydroxylation is 1. The minimum absolute atomic E-state index is 0.342. The smallest absolute Gasteiger partial charge is 0.0900 e. The number of pyridine rings is 1. The van der Waals surface area contributed by atoms with E-state index in [9.17, 15) is 0 Å². The van der Waals surface area contributed by atoms with Gasteiger partial charge in [-0.3, -0.25) is 9.98 Å². The molecule has 1 aromatic heterocycles. The van der Waals surface area contributed by atoms with Crippen molar-refractivity contribution in [2.75, 3.05) is 5.32 Å². The summed E-state index contributed by atoms with van der Waals surface area (Å²) in [5.74, 6) is 0. The first-order chi connectivity index (χ1) is 17.1. The van der Waals surface area contributed by atoms with Crippen LogP contribution in [0, 0.1) is 6.92 Å². The predicted octanol–water partition coefficient (Wildman–Crippen LogP) is 7.34. The summed E-state index contributed by atoms with van der Waals surface area (Å²) in [5.41, 5.74) is 7.40. The summed E-state index contributed by atoms with van der Waals surface area (Å²) in [6.45, 7) is 2.00. The quantitative estimate of drug-likeness (QED) is 0.263. The van der Waals surface area contributed by atoms with Gasteiger partial charge in [-0.25, -0.2) is 4.98 Å². The molecule has 0 radical (unpaired) electrons. The summed E-state index contributed by atoms with van der Waals surface area (Å²) in [6, 6.07) is 22.3. The predicted molar refractivity (Wildman–Crippen MR) is 143 cm³/mol. The van der Waals surface area contributed by atoms with Crippen LogP contribution in [-0.2, 0) is 0 Å². The van der Waals surface area contributed by atoms with Crippen LogP contribution in [0.15, 0.2) is 77.9 Å². The molecule has 6 rings (SSSR count). The third-order valence-electron chi connectivity index (χ3n) is 6.53. The lowest BCUT2D eigenvalue weighted by Gasteiger charge is -2.23. The third-order valence-corrected chi connectivity index (χ3v) is 7.27. The van der Waals surface area contributed by atoms with E-state index in [2.05, 4.69) is 33.1 Å². The van der Waals surface area contributed by atoms with Gasteiger partial charge in [-0.1, -0.05) is 35.3 Å². The Morgan fingerprint density at radius 1 is 0.943 bits per heavy atom. The van der Waals surface area contributed by atoms with Gasteiger partial charge in [-0.05, 0) is 80.8 Å². The Balaban J connectivity index is 1.65. The Kier molecular flexibility index (Phi) is 5.67. The topological polar surface area (TPSA) is 55.1 Å². The van der Waals surface area contributed by atoms with Crippen LogP contribution in [0.1, 0.15) is 25.0 Å². The molecule has 0 amide bonds. The zero-order valence-corrected chi connectivity index (χ0v) is 20.7. The van der Waals surface area contributed by atoms with Crippen LogP contribution >= 0.6 is 23.2 Å². The van der Waals surface area contributed by atoms with Crippen LogP contribution in [0.2, 0.25) is 10.0 Å². The van der Waals surface area contributed by atoms with Gasteiger partial charge in [0.2, 0.25) is 0 Å². The molecule has 7 heteroatoms. The molecule has 174 valence electrons. The maximum atomic E-state index is 6.43. The third kappa shape index (κ3) is 4.15. The molecule has 2 aliphatic carbocycles. The molecular weight excluding hydrogens is 477 g/mol. The molecule has 1 fully saturated rings. The highest BCUT2D eigenvalue weighted by Gasteiger charge is 2.20. The number of benzene rings is 3. The zero-order chi connectivity index (χ0) is 23.9. The van der Waals surface area contributed by atoms with Gasteiger partial charge >= 0.3 is 0 Å². The minimum Gasteiger partial charge on any atom is -0.352 e. The summed E-state index contributed by atoms with van der Waals surface area (Å²) in [7, 11) is 0. The average Bonchev–Trinajstić information content (AvgIpc) is 2.83. The van der Waals surface area contributed by atoms with E-state index in [1.165, 1.54) is 6.42 Å². The SMILES string of the molecule is Cc1ncccc1Nc1cc2nc3ccccc3n(-c3ccc(Cl)c(Cl)c3)c-2cc1=NC1CCC1. The van der Waals surface area contributed by atoms with E-state index in [0.29, 0.717) is 16.1 Å². The standard InChI is InChI=1S/C28H23Cl2N5/c1-17-22(9-5-13-31-17)33-24-15-26-28(16-25(24)32-18-6-4-7-18)35(19-11-12-20(29)21(30)14-19)27-10-3-2-8-23(27)34-26/h2-3,5,8-16,18,33H,4,6-7H2,1H3. The molecule has 2 aromatic carbocycles. The van der Waals surface area contributed by atoms with E-state index < -0.39 is 0 Å². The number of aromatic nitrogens is 3. The van der Waals surface area contributed by atoms with Crippen LogP contribution in [0.3, 0.4) is 0 Å². The maximum absolute atomic E-state index is 6.43. The van der Waals surface area contributed by atoms with E-state index in [4.69, 9.17) is 33.2 Å². The largest absolute Gasteiger partial charge is 0.352 e. The fraction of sp³-hybridized carbons (Fsp3) is 0.179. The van der Waals surface area contributed by atoms with Crippen LogP contribution in [-0.4, -0.2) is 20.6 Å². The lowest BCUT2D eigenvalue weighted by Crippen LogP contribution is -2.22. The van der Waals surface area contributed by atoms with Gasteiger partial charge in [0.1, 0.15) is 0 Å². The highest BCUT2D eigenvalue weighted by atomic mass is 35.5. The number of hydrogen-bond donors (Lipinski definition) is 1. The molecule has 1 aliphatic heterocycles. The van der Waals surface area contributed by atoms with Crippen LogP contribution in [0.25, 0.3) is 28.1 Å². The number of nitrogens with one attached hydrogen (secondary N) is 1. The Bertz CT molecular complexity index is 1600. The summed E-state index contributed by atoms with van der Waals surface area (Å²) in [6.07, 6.45) is 5.26. The summed E-state index contributed by atoms with van der Waals surface area (Å²) >= 11 is 12.7. The molecule has 1 saturated carbocycles. The van der Waals surface area contributed by atoms with Crippen molar-refractivity contribution in [2.24, 2.45) is 4.99 Å². The van der Waals surface area contributed by atoms with Gasteiger partial charge < -0.3 is 9.88 Å². The minimum atomic E-state index is 0.342. The van der Waals surface area contributed by atoms with E-state index in [1.807, 2.05) is 55.5 Å². The fourth-order valence-electron chi connectivity index (χ4n) is 4.42. The highest BCUT2D eigenvalue weighted by Crippen LogP contribution is 2.33. The van der Waals surface area contributed by atoms with Crippen molar-refractivity contribution in [1.29, 1.82) is 0 Å². The Morgan fingerprint density at radius 2 is 1.80 bits per heavy atom. The van der Waals surface area contributed by atoms with Crippen LogP contribution in [0.4, 0.5) is 11.4 Å². The Hall–Kier alpha value is -3.41. The van der Waals surface area contributed by atoms with E-state index >= 15 is 0 Å². The first-order valence-corrected chi connectivity index (χ1v) is 12.5. The van der Waals surface area contributed by atoms with E-state index in [-0.39, 0.29) is 0 Å². The Morgan fingerprint density at radius 3 is 2.57 bits per heavy atom. The second-order valence-electron chi connectivity index (χ2n) is 8.87. The van der Waals surface area contributed by atoms with Gasteiger partial charge in [0.15, 0.2) is 0 Å². The number of hydrogen-bond acceptors (Lipinski definition) is 4. The number of para-hydroxylation sites is 2. The van der Waals surface area contributed by atoms with Crippen molar-refractivity contribution in [1.82, 2.24) is 14.5 Å². The van der Waals surface area contributed by atoms with Crippen molar-refractivity contribution in [3.63, 3.8) is 0 Å². The van der Waals surface area contributed by atoms with E-state index in [0.717, 1.165) is 63.4 Å². The molecule has 5 nitrogen and oxygen atoms in total. The van der Waals surface area contributed by atoms with Crippen molar-refractivity contribution >= 4 is 45.6 Å². The fourth-order valence-corrected chi connectivity index (χ4v) is 4.72. The highest BCUT2D eigenvalue weighted by molar-refractivity contribution is 6.42. The normalized spacial score (nSPS) is 14.4. The van der Waals surface area contributed by atoms with Crippen molar-refractivity contribution < 1.29 is 0 Å². The first kappa shape index (κ1) is 22.1. The van der Waals surface area contributed by atoms with Crippen molar-refractivity contribution in [3.05, 3.63) is 94.0 Å². The lowest BCUT2D eigenvalue weighted by molar-refractivity contribution is 0.413. The summed E-state index contributed by atoms with van der Waals surface area (Å²) in [4.78, 5) is 14.6. The molecule has 0 atom stereocenters. The van der Waals surface area contributed by atoms with Gasteiger partial charge in [-0.15, -0.1) is 0 Å². The Labute approximate surface area is 213 Å². The van der Waals surface area contributed by atoms with Gasteiger partial charge in [-0.2, -0.15) is 0 Å². The van der Waals surface area contributed by atoms with Crippen LogP contribution < -0.4 is 10.7 Å². The molecule has 1 N–H and O–H groups in total. The molecule has 3 aliphatic rings. The van der Waals surface area contributed by atoms with Gasteiger partial charge in [0.05, 0.1) is 60.9 Å². The summed E-state index contributed by atoms with van der Waals surface area (Å²) < 4.78 is 2.18. The second kappa shape index (κ2) is 8.99. The molecular formula is C28H23Cl2N5. The van der Waals surface area contributed by atoms with Gasteiger partial charge in [0.25, 0.3) is 0 Å². The number of anilines is 2. The number of halogens is 2. The van der Waals surface area contributed by atoms with Crippen molar-refractivity contribution in [2.45, 2.75) is 32.2 Å². The molecule has 0 saturated heterocycles. The zero-order valence-electron chi connectivity index (χ0n) is 19.2. The second-order valence-corrected chi connectivity index (χ2v) is 9.68. The average molecular weight is 500 g/mol. The maximum Gasteiger partial charge on any atom is 0.0900 e. The molecule has 3 aromatic rings. The van der Waals surface area contributed by atoms with E-state index in [1.54, 1.807) is 6.20 Å². The number of rotatable bonds is 4. The van der Waals surface area contributed by atoms with Crippen molar-refractivity contribution in [3.8, 4) is 17.1 Å². The molecule has 0 bridgehead atoms. The first-order valence-electron chi connectivity index (χ1n) is 11.7. The summed E-state index contributed by atoms with van der Waals surface area (Å²) in [5, 5.41) is 5.51.